The van der Waals surface area contributed by atoms with E-state index in [0.29, 0.717) is 5.56 Å². The van der Waals surface area contributed by atoms with Gasteiger partial charge in [-0.25, -0.2) is 4.79 Å². The molecule has 0 spiro atoms. The standard InChI is InChI=1S/C17H22N6O3/c1-9(2)13(22-14(24)11-6-4-10(3)5-7-11)15(25)26-8-12-20-16(18)23-17(19)21-12/h4-7,9,13H,8H2,1-3H3,(H,22,24)(H4,18,19,20,21,23). The van der Waals surface area contributed by atoms with Crippen molar-refractivity contribution in [1.82, 2.24) is 20.3 Å². The third-order valence-electron chi connectivity index (χ3n) is 3.58. The minimum Gasteiger partial charge on any atom is -0.456 e. The van der Waals surface area contributed by atoms with E-state index in [1.807, 2.05) is 19.1 Å². The Balaban J connectivity index is 2.02. The van der Waals surface area contributed by atoms with Crippen molar-refractivity contribution < 1.29 is 14.3 Å². The first-order valence-electron chi connectivity index (χ1n) is 8.06. The quantitative estimate of drug-likeness (QED) is 0.644. The average Bonchev–Trinajstić information content (AvgIpc) is 2.57. The Bertz CT molecular complexity index is 771. The van der Waals surface area contributed by atoms with Gasteiger partial charge < -0.3 is 21.5 Å². The van der Waals surface area contributed by atoms with E-state index in [2.05, 4.69) is 20.3 Å². The number of nitrogens with zero attached hydrogens (tertiary/aromatic N) is 3. The lowest BCUT2D eigenvalue weighted by Gasteiger charge is -2.20. The van der Waals surface area contributed by atoms with Crippen molar-refractivity contribution in [3.05, 3.63) is 41.2 Å². The predicted octanol–water partition coefficient (Wildman–Crippen LogP) is 0.842. The van der Waals surface area contributed by atoms with Gasteiger partial charge in [-0.05, 0) is 25.0 Å². The molecule has 1 aromatic heterocycles. The van der Waals surface area contributed by atoms with Crippen LogP contribution in [0.15, 0.2) is 24.3 Å². The lowest BCUT2D eigenvalue weighted by atomic mass is 10.0. The number of hydrogen-bond donors (Lipinski definition) is 3. The molecule has 26 heavy (non-hydrogen) atoms. The van der Waals surface area contributed by atoms with Crippen LogP contribution in [0.3, 0.4) is 0 Å². The van der Waals surface area contributed by atoms with E-state index in [9.17, 15) is 9.59 Å². The van der Waals surface area contributed by atoms with Crippen LogP contribution in [0.1, 0.15) is 35.6 Å². The van der Waals surface area contributed by atoms with Crippen LogP contribution in [0.25, 0.3) is 0 Å². The van der Waals surface area contributed by atoms with Crippen LogP contribution >= 0.6 is 0 Å². The first kappa shape index (κ1) is 19.1. The van der Waals surface area contributed by atoms with Crippen molar-refractivity contribution in [1.29, 1.82) is 0 Å². The molecule has 1 atom stereocenters. The summed E-state index contributed by atoms with van der Waals surface area (Å²) in [4.78, 5) is 36.0. The second-order valence-electron chi connectivity index (χ2n) is 6.14. The minimum atomic E-state index is -0.819. The van der Waals surface area contributed by atoms with Gasteiger partial charge in [0, 0.05) is 5.56 Å². The number of rotatable bonds is 6. The summed E-state index contributed by atoms with van der Waals surface area (Å²) in [6, 6.07) is 6.23. The normalized spacial score (nSPS) is 11.8. The smallest absolute Gasteiger partial charge is 0.329 e. The number of nitrogens with two attached hydrogens (primary N) is 2. The summed E-state index contributed by atoms with van der Waals surface area (Å²) in [5.74, 6) is -1.11. The molecule has 1 unspecified atom stereocenters. The zero-order chi connectivity index (χ0) is 19.3. The molecule has 2 aromatic rings. The Labute approximate surface area is 151 Å². The summed E-state index contributed by atoms with van der Waals surface area (Å²) >= 11 is 0. The highest BCUT2D eigenvalue weighted by molar-refractivity contribution is 5.96. The van der Waals surface area contributed by atoms with Gasteiger partial charge in [-0.3, -0.25) is 4.79 Å². The van der Waals surface area contributed by atoms with Crippen molar-refractivity contribution in [3.8, 4) is 0 Å². The summed E-state index contributed by atoms with van der Waals surface area (Å²) in [6.07, 6.45) is 0. The van der Waals surface area contributed by atoms with Crippen LogP contribution in [-0.2, 0) is 16.1 Å². The number of anilines is 2. The largest absolute Gasteiger partial charge is 0.456 e. The highest BCUT2D eigenvalue weighted by Crippen LogP contribution is 2.09. The Morgan fingerprint density at radius 1 is 1.08 bits per heavy atom. The zero-order valence-electron chi connectivity index (χ0n) is 14.9. The summed E-state index contributed by atoms with van der Waals surface area (Å²) in [5.41, 5.74) is 12.5. The van der Waals surface area contributed by atoms with E-state index in [1.165, 1.54) is 0 Å². The van der Waals surface area contributed by atoms with Crippen molar-refractivity contribution in [2.75, 3.05) is 11.5 Å². The third kappa shape index (κ3) is 5.13. The molecule has 9 heteroatoms. The Hall–Kier alpha value is -3.23. The van der Waals surface area contributed by atoms with Crippen molar-refractivity contribution >= 4 is 23.8 Å². The molecule has 138 valence electrons. The fourth-order valence-corrected chi connectivity index (χ4v) is 2.17. The van der Waals surface area contributed by atoms with Crippen LogP contribution in [0.5, 0.6) is 0 Å². The van der Waals surface area contributed by atoms with Gasteiger partial charge in [-0.15, -0.1) is 0 Å². The monoisotopic (exact) mass is 358 g/mol. The summed E-state index contributed by atoms with van der Waals surface area (Å²) in [6.45, 7) is 5.32. The molecule has 0 saturated heterocycles. The highest BCUT2D eigenvalue weighted by Gasteiger charge is 2.26. The van der Waals surface area contributed by atoms with Crippen molar-refractivity contribution in [2.45, 2.75) is 33.4 Å². The number of hydrogen-bond acceptors (Lipinski definition) is 8. The fourth-order valence-electron chi connectivity index (χ4n) is 2.17. The Morgan fingerprint density at radius 3 is 2.19 bits per heavy atom. The van der Waals surface area contributed by atoms with Crippen molar-refractivity contribution in [3.63, 3.8) is 0 Å². The highest BCUT2D eigenvalue weighted by atomic mass is 16.5. The van der Waals surface area contributed by atoms with Gasteiger partial charge in [0.1, 0.15) is 6.04 Å². The molecular formula is C17H22N6O3. The Morgan fingerprint density at radius 2 is 1.65 bits per heavy atom. The maximum Gasteiger partial charge on any atom is 0.329 e. The van der Waals surface area contributed by atoms with E-state index in [0.717, 1.165) is 5.56 Å². The fraction of sp³-hybridized carbons (Fsp3) is 0.353. The third-order valence-corrected chi connectivity index (χ3v) is 3.58. The number of nitrogen functional groups attached to an aromatic ring is 2. The predicted molar refractivity (Wildman–Crippen MR) is 95.7 cm³/mol. The average molecular weight is 358 g/mol. The molecule has 1 heterocycles. The number of amides is 1. The van der Waals surface area contributed by atoms with E-state index in [4.69, 9.17) is 16.2 Å². The lowest BCUT2D eigenvalue weighted by molar-refractivity contribution is -0.148. The molecule has 2 rings (SSSR count). The number of ether oxygens (including phenoxy) is 1. The molecule has 0 aliphatic rings. The summed E-state index contributed by atoms with van der Waals surface area (Å²) < 4.78 is 5.20. The summed E-state index contributed by atoms with van der Waals surface area (Å²) in [7, 11) is 0. The van der Waals surface area contributed by atoms with Gasteiger partial charge in [-0.1, -0.05) is 31.5 Å². The van der Waals surface area contributed by atoms with Crippen LogP contribution in [0.4, 0.5) is 11.9 Å². The molecule has 0 fully saturated rings. The molecule has 0 aliphatic heterocycles. The van der Waals surface area contributed by atoms with Gasteiger partial charge in [-0.2, -0.15) is 15.0 Å². The van der Waals surface area contributed by atoms with E-state index < -0.39 is 12.0 Å². The van der Waals surface area contributed by atoms with E-state index in [-0.39, 0.29) is 36.2 Å². The second-order valence-corrected chi connectivity index (χ2v) is 6.14. The van der Waals surface area contributed by atoms with Crippen LogP contribution < -0.4 is 16.8 Å². The molecule has 0 saturated carbocycles. The van der Waals surface area contributed by atoms with Gasteiger partial charge in [0.25, 0.3) is 5.91 Å². The van der Waals surface area contributed by atoms with Crippen LogP contribution in [-0.4, -0.2) is 32.9 Å². The maximum atomic E-state index is 12.4. The Kier molecular flexibility index (Phi) is 6.05. The zero-order valence-corrected chi connectivity index (χ0v) is 14.9. The van der Waals surface area contributed by atoms with Crippen molar-refractivity contribution in [2.24, 2.45) is 5.92 Å². The molecule has 1 amide bonds. The SMILES string of the molecule is Cc1ccc(C(=O)NC(C(=O)OCc2nc(N)nc(N)n2)C(C)C)cc1. The van der Waals surface area contributed by atoms with Crippen LogP contribution in [0.2, 0.25) is 0 Å². The van der Waals surface area contributed by atoms with Gasteiger partial charge in [0.15, 0.2) is 12.4 Å². The lowest BCUT2D eigenvalue weighted by Crippen LogP contribution is -2.45. The minimum absolute atomic E-state index is 0.0587. The maximum absolute atomic E-state index is 12.4. The van der Waals surface area contributed by atoms with E-state index >= 15 is 0 Å². The molecule has 5 N–H and O–H groups in total. The number of esters is 1. The molecule has 0 bridgehead atoms. The van der Waals surface area contributed by atoms with Gasteiger partial charge >= 0.3 is 5.97 Å². The van der Waals surface area contributed by atoms with E-state index in [1.54, 1.807) is 26.0 Å². The number of carbonyl (C=O) groups excluding carboxylic acids is 2. The number of benzene rings is 1. The number of aromatic nitrogens is 3. The first-order chi connectivity index (χ1) is 12.3. The van der Waals surface area contributed by atoms with Gasteiger partial charge in [0.2, 0.25) is 11.9 Å². The molecule has 0 aliphatic carbocycles. The molecule has 0 radical (unpaired) electrons. The summed E-state index contributed by atoms with van der Waals surface area (Å²) in [5, 5.41) is 2.69. The molecule has 9 nitrogen and oxygen atoms in total. The molecule has 1 aromatic carbocycles. The molecular weight excluding hydrogens is 336 g/mol. The first-order valence-corrected chi connectivity index (χ1v) is 8.06. The topological polar surface area (TPSA) is 146 Å². The van der Waals surface area contributed by atoms with Crippen LogP contribution in [0, 0.1) is 12.8 Å². The van der Waals surface area contributed by atoms with Gasteiger partial charge in [0.05, 0.1) is 0 Å². The second kappa shape index (κ2) is 8.24. The number of nitrogens with one attached hydrogen (secondary N) is 1. The number of aryl methyl sites for hydroxylation is 1. The number of carbonyl (C=O) groups is 2.